The molecule has 1 fully saturated rings. The van der Waals surface area contributed by atoms with E-state index < -0.39 is 5.54 Å². The van der Waals surface area contributed by atoms with Crippen LogP contribution in [0.1, 0.15) is 39.0 Å². The molecular formula is C13H22N2O. The topological polar surface area (TPSA) is 46.3 Å². The fourth-order valence-corrected chi connectivity index (χ4v) is 2.93. The van der Waals surface area contributed by atoms with E-state index in [2.05, 4.69) is 19.1 Å². The second-order valence-corrected chi connectivity index (χ2v) is 5.37. The van der Waals surface area contributed by atoms with Crippen LogP contribution in [0.15, 0.2) is 12.2 Å². The highest BCUT2D eigenvalue weighted by Gasteiger charge is 2.40. The van der Waals surface area contributed by atoms with E-state index >= 15 is 0 Å². The van der Waals surface area contributed by atoms with Crippen molar-refractivity contribution >= 4 is 5.91 Å². The molecule has 0 aromatic carbocycles. The van der Waals surface area contributed by atoms with Gasteiger partial charge in [-0.25, -0.2) is 0 Å². The van der Waals surface area contributed by atoms with Crippen LogP contribution in [-0.2, 0) is 4.79 Å². The molecule has 2 aliphatic rings. The average Bonchev–Trinajstić information content (AvgIpc) is 2.29. The summed E-state index contributed by atoms with van der Waals surface area (Å²) in [6.45, 7) is 3.78. The number of hydrogen-bond acceptors (Lipinski definition) is 2. The SMILES string of the molecule is CC1CCCC(N)(C(=O)N2CC=CCC2)C1. The number of carbonyl (C=O) groups excluding carboxylic acids is 1. The van der Waals surface area contributed by atoms with Gasteiger partial charge in [0, 0.05) is 13.1 Å². The van der Waals surface area contributed by atoms with Crippen molar-refractivity contribution in [2.45, 2.75) is 44.6 Å². The second-order valence-electron chi connectivity index (χ2n) is 5.37. The van der Waals surface area contributed by atoms with Gasteiger partial charge in [-0.05, 0) is 25.2 Å². The van der Waals surface area contributed by atoms with Crippen molar-refractivity contribution in [2.24, 2.45) is 11.7 Å². The van der Waals surface area contributed by atoms with Crippen LogP contribution in [-0.4, -0.2) is 29.4 Å². The summed E-state index contributed by atoms with van der Waals surface area (Å²) in [7, 11) is 0. The minimum Gasteiger partial charge on any atom is -0.337 e. The Morgan fingerprint density at radius 3 is 2.94 bits per heavy atom. The third kappa shape index (κ3) is 2.29. The summed E-state index contributed by atoms with van der Waals surface area (Å²) in [5.74, 6) is 0.756. The number of nitrogens with zero attached hydrogens (tertiary/aromatic N) is 1. The molecule has 1 aliphatic carbocycles. The van der Waals surface area contributed by atoms with Crippen LogP contribution in [0, 0.1) is 5.92 Å². The molecular weight excluding hydrogens is 200 g/mol. The predicted molar refractivity (Wildman–Crippen MR) is 64.9 cm³/mol. The smallest absolute Gasteiger partial charge is 0.242 e. The summed E-state index contributed by atoms with van der Waals surface area (Å²) in [5, 5.41) is 0. The first-order valence-electron chi connectivity index (χ1n) is 6.35. The number of carbonyl (C=O) groups is 1. The Hall–Kier alpha value is -0.830. The highest BCUT2D eigenvalue weighted by Crippen LogP contribution is 2.32. The summed E-state index contributed by atoms with van der Waals surface area (Å²) in [5.41, 5.74) is 5.73. The van der Waals surface area contributed by atoms with E-state index in [4.69, 9.17) is 5.73 Å². The molecule has 2 atom stereocenters. The van der Waals surface area contributed by atoms with Gasteiger partial charge in [-0.2, -0.15) is 0 Å². The van der Waals surface area contributed by atoms with Crippen molar-refractivity contribution in [2.75, 3.05) is 13.1 Å². The highest BCUT2D eigenvalue weighted by molar-refractivity contribution is 5.86. The molecule has 1 heterocycles. The fraction of sp³-hybridized carbons (Fsp3) is 0.769. The van der Waals surface area contributed by atoms with Gasteiger partial charge in [0.05, 0.1) is 5.54 Å². The van der Waals surface area contributed by atoms with E-state index in [1.807, 2.05) is 4.90 Å². The number of amides is 1. The Labute approximate surface area is 97.7 Å². The van der Waals surface area contributed by atoms with E-state index in [-0.39, 0.29) is 5.91 Å². The lowest BCUT2D eigenvalue weighted by molar-refractivity contribution is -0.138. The van der Waals surface area contributed by atoms with Crippen LogP contribution >= 0.6 is 0 Å². The molecule has 0 aromatic heterocycles. The lowest BCUT2D eigenvalue weighted by Crippen LogP contribution is -2.57. The zero-order valence-electron chi connectivity index (χ0n) is 10.1. The largest absolute Gasteiger partial charge is 0.337 e. The van der Waals surface area contributed by atoms with Crippen LogP contribution in [0.4, 0.5) is 0 Å². The minimum atomic E-state index is -0.581. The van der Waals surface area contributed by atoms with Gasteiger partial charge < -0.3 is 10.6 Å². The van der Waals surface area contributed by atoms with Crippen molar-refractivity contribution < 1.29 is 4.79 Å². The standard InChI is InChI=1S/C13H22N2O/c1-11-6-5-7-13(14,10-11)12(16)15-8-3-2-4-9-15/h2-3,11H,4-10,14H2,1H3. The van der Waals surface area contributed by atoms with Crippen molar-refractivity contribution in [1.82, 2.24) is 4.90 Å². The molecule has 3 nitrogen and oxygen atoms in total. The number of nitrogens with two attached hydrogens (primary N) is 1. The molecule has 2 N–H and O–H groups in total. The summed E-state index contributed by atoms with van der Waals surface area (Å²) in [6, 6.07) is 0. The van der Waals surface area contributed by atoms with Crippen molar-refractivity contribution in [3.05, 3.63) is 12.2 Å². The normalized spacial score (nSPS) is 35.1. The van der Waals surface area contributed by atoms with Gasteiger partial charge in [-0.1, -0.05) is 31.9 Å². The third-order valence-corrected chi connectivity index (χ3v) is 3.80. The number of hydrogen-bond donors (Lipinski definition) is 1. The third-order valence-electron chi connectivity index (χ3n) is 3.80. The number of rotatable bonds is 1. The van der Waals surface area contributed by atoms with Crippen molar-refractivity contribution in [3.63, 3.8) is 0 Å². The maximum Gasteiger partial charge on any atom is 0.242 e. The van der Waals surface area contributed by atoms with E-state index in [0.717, 1.165) is 38.8 Å². The van der Waals surface area contributed by atoms with E-state index in [9.17, 15) is 4.79 Å². The summed E-state index contributed by atoms with van der Waals surface area (Å²) >= 11 is 0. The van der Waals surface area contributed by atoms with E-state index in [1.54, 1.807) is 0 Å². The Kier molecular flexibility index (Phi) is 3.33. The maximum absolute atomic E-state index is 12.4. The molecule has 1 amide bonds. The van der Waals surface area contributed by atoms with Crippen LogP contribution in [0.3, 0.4) is 0 Å². The molecule has 3 heteroatoms. The molecule has 90 valence electrons. The Morgan fingerprint density at radius 1 is 1.50 bits per heavy atom. The quantitative estimate of drug-likeness (QED) is 0.686. The first kappa shape index (κ1) is 11.6. The first-order valence-corrected chi connectivity index (χ1v) is 6.35. The molecule has 1 saturated carbocycles. The Bertz CT molecular complexity index is 300. The molecule has 2 unspecified atom stereocenters. The van der Waals surface area contributed by atoms with Crippen LogP contribution < -0.4 is 5.73 Å². The predicted octanol–water partition coefficient (Wildman–Crippen LogP) is 1.68. The molecule has 0 spiro atoms. The average molecular weight is 222 g/mol. The van der Waals surface area contributed by atoms with Crippen LogP contribution in [0.25, 0.3) is 0 Å². The summed E-state index contributed by atoms with van der Waals surface area (Å²) < 4.78 is 0. The minimum absolute atomic E-state index is 0.170. The Balaban J connectivity index is 2.04. The molecule has 0 aromatic rings. The van der Waals surface area contributed by atoms with Gasteiger partial charge in [0.1, 0.15) is 0 Å². The molecule has 0 radical (unpaired) electrons. The van der Waals surface area contributed by atoms with Gasteiger partial charge in [0.2, 0.25) is 5.91 Å². The van der Waals surface area contributed by atoms with Gasteiger partial charge in [0.25, 0.3) is 0 Å². The van der Waals surface area contributed by atoms with Crippen LogP contribution in [0.2, 0.25) is 0 Å². The van der Waals surface area contributed by atoms with E-state index in [1.165, 1.54) is 6.42 Å². The van der Waals surface area contributed by atoms with Gasteiger partial charge in [-0.15, -0.1) is 0 Å². The summed E-state index contributed by atoms with van der Waals surface area (Å²) in [6.07, 6.45) is 9.19. The zero-order chi connectivity index (χ0) is 11.6. The van der Waals surface area contributed by atoms with Gasteiger partial charge in [0.15, 0.2) is 0 Å². The monoisotopic (exact) mass is 222 g/mol. The molecule has 0 bridgehead atoms. The lowest BCUT2D eigenvalue weighted by atomic mass is 9.76. The molecule has 0 saturated heterocycles. The van der Waals surface area contributed by atoms with Crippen LogP contribution in [0.5, 0.6) is 0 Å². The van der Waals surface area contributed by atoms with Crippen molar-refractivity contribution in [1.29, 1.82) is 0 Å². The van der Waals surface area contributed by atoms with Gasteiger partial charge in [-0.3, -0.25) is 4.79 Å². The second kappa shape index (κ2) is 4.58. The van der Waals surface area contributed by atoms with E-state index in [0.29, 0.717) is 5.92 Å². The fourth-order valence-electron chi connectivity index (χ4n) is 2.93. The zero-order valence-corrected chi connectivity index (χ0v) is 10.1. The highest BCUT2D eigenvalue weighted by atomic mass is 16.2. The molecule has 2 rings (SSSR count). The lowest BCUT2D eigenvalue weighted by Gasteiger charge is -2.39. The first-order chi connectivity index (χ1) is 7.62. The van der Waals surface area contributed by atoms with Gasteiger partial charge >= 0.3 is 0 Å². The van der Waals surface area contributed by atoms with Crippen molar-refractivity contribution in [3.8, 4) is 0 Å². The molecule has 1 aliphatic heterocycles. The molecule has 16 heavy (non-hydrogen) atoms. The summed E-state index contributed by atoms with van der Waals surface area (Å²) in [4.78, 5) is 14.3. The Morgan fingerprint density at radius 2 is 2.31 bits per heavy atom. The maximum atomic E-state index is 12.4.